The first-order valence-corrected chi connectivity index (χ1v) is 6.00. The van der Waals surface area contributed by atoms with E-state index in [9.17, 15) is 4.79 Å². The van der Waals surface area contributed by atoms with E-state index >= 15 is 0 Å². The summed E-state index contributed by atoms with van der Waals surface area (Å²) >= 11 is 0. The van der Waals surface area contributed by atoms with E-state index < -0.39 is 0 Å². The Kier molecular flexibility index (Phi) is 2.06. The summed E-state index contributed by atoms with van der Waals surface area (Å²) in [5, 5.41) is 7.26. The zero-order chi connectivity index (χ0) is 11.2. The third-order valence-corrected chi connectivity index (χ3v) is 4.30. The molecule has 1 saturated carbocycles. The van der Waals surface area contributed by atoms with Crippen molar-refractivity contribution in [1.82, 2.24) is 15.1 Å². The topological polar surface area (TPSA) is 46.9 Å². The third-order valence-electron chi connectivity index (χ3n) is 4.30. The summed E-state index contributed by atoms with van der Waals surface area (Å²) in [4.78, 5) is 12.1. The number of nitrogens with zero attached hydrogens (tertiary/aromatic N) is 2. The number of amides is 1. The second-order valence-electron chi connectivity index (χ2n) is 5.01. The molecule has 2 aliphatic rings. The Morgan fingerprint density at radius 1 is 1.50 bits per heavy atom. The molecule has 1 N–H and O–H groups in total. The van der Waals surface area contributed by atoms with Crippen LogP contribution in [0.3, 0.4) is 0 Å². The van der Waals surface area contributed by atoms with Crippen molar-refractivity contribution in [2.24, 2.45) is 12.5 Å². The third kappa shape index (κ3) is 1.16. The fourth-order valence-electron chi connectivity index (χ4n) is 3.42. The smallest absolute Gasteiger partial charge is 0.226 e. The lowest BCUT2D eigenvalue weighted by Gasteiger charge is -2.27. The molecule has 16 heavy (non-hydrogen) atoms. The summed E-state index contributed by atoms with van der Waals surface area (Å²) in [6.45, 7) is 0.776. The van der Waals surface area contributed by atoms with Crippen molar-refractivity contribution in [2.45, 2.75) is 31.6 Å². The maximum atomic E-state index is 12.1. The van der Waals surface area contributed by atoms with Crippen molar-refractivity contribution in [3.8, 4) is 0 Å². The van der Waals surface area contributed by atoms with Crippen LogP contribution in [0.1, 0.15) is 37.3 Å². The van der Waals surface area contributed by atoms with Gasteiger partial charge in [-0.05, 0) is 18.9 Å². The van der Waals surface area contributed by atoms with Gasteiger partial charge in [0.2, 0.25) is 5.91 Å². The van der Waals surface area contributed by atoms with Gasteiger partial charge < -0.3 is 5.32 Å². The number of aryl methyl sites for hydroxylation is 1. The zero-order valence-corrected chi connectivity index (χ0v) is 9.57. The maximum Gasteiger partial charge on any atom is 0.226 e. The molecule has 0 aromatic carbocycles. The molecule has 1 aromatic rings. The lowest BCUT2D eigenvalue weighted by molar-refractivity contribution is -0.127. The lowest BCUT2D eigenvalue weighted by atomic mass is 9.74. The molecular weight excluding hydrogens is 202 g/mol. The number of aromatic nitrogens is 2. The van der Waals surface area contributed by atoms with E-state index in [1.165, 1.54) is 18.5 Å². The van der Waals surface area contributed by atoms with Crippen molar-refractivity contribution >= 4 is 5.91 Å². The van der Waals surface area contributed by atoms with Crippen LogP contribution in [0, 0.1) is 5.41 Å². The summed E-state index contributed by atoms with van der Waals surface area (Å²) in [5.41, 5.74) is 1.06. The van der Waals surface area contributed by atoms with Gasteiger partial charge in [-0.25, -0.2) is 0 Å². The van der Waals surface area contributed by atoms with E-state index in [4.69, 9.17) is 0 Å². The van der Waals surface area contributed by atoms with Gasteiger partial charge in [-0.3, -0.25) is 9.48 Å². The average molecular weight is 219 g/mol. The van der Waals surface area contributed by atoms with Gasteiger partial charge in [0, 0.05) is 31.4 Å². The van der Waals surface area contributed by atoms with Crippen LogP contribution >= 0.6 is 0 Å². The minimum Gasteiger partial charge on any atom is -0.355 e. The molecule has 1 amide bonds. The van der Waals surface area contributed by atoms with Crippen LogP contribution in [0.2, 0.25) is 0 Å². The van der Waals surface area contributed by atoms with Gasteiger partial charge in [0.25, 0.3) is 0 Å². The summed E-state index contributed by atoms with van der Waals surface area (Å²) in [7, 11) is 1.96. The summed E-state index contributed by atoms with van der Waals surface area (Å²) in [6.07, 6.45) is 6.26. The standard InChI is InChI=1S/C12H17N3O/c1-15-10(4-7-14-15)9-8-13-11(16)12(9)5-2-3-6-12/h4,7,9H,2-3,5-6,8H2,1H3,(H,13,16). The molecule has 1 unspecified atom stereocenters. The van der Waals surface area contributed by atoms with Gasteiger partial charge in [-0.15, -0.1) is 0 Å². The van der Waals surface area contributed by atoms with Crippen molar-refractivity contribution in [3.05, 3.63) is 18.0 Å². The number of hydrogen-bond donors (Lipinski definition) is 1. The molecular formula is C12H17N3O. The Balaban J connectivity index is 2.02. The monoisotopic (exact) mass is 219 g/mol. The van der Waals surface area contributed by atoms with Crippen LogP contribution in [-0.4, -0.2) is 22.2 Å². The van der Waals surface area contributed by atoms with Crippen LogP contribution in [-0.2, 0) is 11.8 Å². The van der Waals surface area contributed by atoms with Crippen LogP contribution in [0.4, 0.5) is 0 Å². The quantitative estimate of drug-likeness (QED) is 0.771. The number of nitrogens with one attached hydrogen (secondary N) is 1. The van der Waals surface area contributed by atoms with Crippen LogP contribution in [0.5, 0.6) is 0 Å². The number of carbonyl (C=O) groups excluding carboxylic acids is 1. The second kappa shape index (κ2) is 3.34. The zero-order valence-electron chi connectivity index (χ0n) is 9.57. The van der Waals surface area contributed by atoms with E-state index in [0.29, 0.717) is 5.92 Å². The van der Waals surface area contributed by atoms with E-state index in [1.54, 1.807) is 0 Å². The molecule has 1 aliphatic carbocycles. The molecule has 2 heterocycles. The second-order valence-corrected chi connectivity index (χ2v) is 5.01. The molecule has 1 saturated heterocycles. The van der Waals surface area contributed by atoms with Crippen LogP contribution in [0.25, 0.3) is 0 Å². The van der Waals surface area contributed by atoms with Crippen LogP contribution in [0.15, 0.2) is 12.3 Å². The minimum absolute atomic E-state index is 0.131. The Morgan fingerprint density at radius 3 is 2.88 bits per heavy atom. The number of hydrogen-bond acceptors (Lipinski definition) is 2. The molecule has 0 radical (unpaired) electrons. The summed E-state index contributed by atoms with van der Waals surface area (Å²) in [5.74, 6) is 0.575. The minimum atomic E-state index is -0.131. The molecule has 1 aromatic heterocycles. The molecule has 0 bridgehead atoms. The largest absolute Gasteiger partial charge is 0.355 e. The summed E-state index contributed by atoms with van der Waals surface area (Å²) in [6, 6.07) is 2.05. The first kappa shape index (κ1) is 9.87. The van der Waals surface area contributed by atoms with Gasteiger partial charge in [0.1, 0.15) is 0 Å². The van der Waals surface area contributed by atoms with E-state index in [-0.39, 0.29) is 11.3 Å². The predicted molar refractivity (Wildman–Crippen MR) is 59.9 cm³/mol. The normalized spacial score (nSPS) is 27.6. The Hall–Kier alpha value is -1.32. The molecule has 4 heteroatoms. The molecule has 4 nitrogen and oxygen atoms in total. The van der Waals surface area contributed by atoms with Crippen molar-refractivity contribution in [1.29, 1.82) is 0 Å². The first-order valence-electron chi connectivity index (χ1n) is 6.00. The average Bonchev–Trinajstić information content (AvgIpc) is 2.94. The van der Waals surface area contributed by atoms with Gasteiger partial charge in [0.15, 0.2) is 0 Å². The number of rotatable bonds is 1. The molecule has 86 valence electrons. The lowest BCUT2D eigenvalue weighted by Crippen LogP contribution is -2.31. The Bertz CT molecular complexity index is 418. The Labute approximate surface area is 95.0 Å². The highest BCUT2D eigenvalue weighted by Crippen LogP contribution is 2.51. The highest BCUT2D eigenvalue weighted by Gasteiger charge is 2.52. The fraction of sp³-hybridized carbons (Fsp3) is 0.667. The van der Waals surface area contributed by atoms with Crippen molar-refractivity contribution in [2.75, 3.05) is 6.54 Å². The number of carbonyl (C=O) groups is 1. The predicted octanol–water partition coefficient (Wildman–Crippen LogP) is 1.19. The SMILES string of the molecule is Cn1nccc1C1CNC(=O)C12CCCC2. The van der Waals surface area contributed by atoms with Gasteiger partial charge >= 0.3 is 0 Å². The first-order chi connectivity index (χ1) is 7.74. The maximum absolute atomic E-state index is 12.1. The molecule has 1 atom stereocenters. The molecule has 3 rings (SSSR count). The highest BCUT2D eigenvalue weighted by atomic mass is 16.2. The van der Waals surface area contributed by atoms with E-state index in [2.05, 4.69) is 10.4 Å². The van der Waals surface area contributed by atoms with Crippen molar-refractivity contribution in [3.63, 3.8) is 0 Å². The Morgan fingerprint density at radius 2 is 2.25 bits per heavy atom. The van der Waals surface area contributed by atoms with E-state index in [0.717, 1.165) is 19.4 Å². The van der Waals surface area contributed by atoms with Gasteiger partial charge in [0.05, 0.1) is 5.41 Å². The van der Waals surface area contributed by atoms with E-state index in [1.807, 2.05) is 24.0 Å². The highest BCUT2D eigenvalue weighted by molar-refractivity contribution is 5.86. The molecule has 2 fully saturated rings. The molecule has 1 aliphatic heterocycles. The van der Waals surface area contributed by atoms with Gasteiger partial charge in [-0.1, -0.05) is 12.8 Å². The van der Waals surface area contributed by atoms with Crippen LogP contribution < -0.4 is 5.32 Å². The van der Waals surface area contributed by atoms with Crippen molar-refractivity contribution < 1.29 is 4.79 Å². The van der Waals surface area contributed by atoms with Gasteiger partial charge in [-0.2, -0.15) is 5.10 Å². The molecule has 1 spiro atoms. The summed E-state index contributed by atoms with van der Waals surface area (Å²) < 4.78 is 1.91. The fourth-order valence-corrected chi connectivity index (χ4v) is 3.42.